The van der Waals surface area contributed by atoms with Crippen LogP contribution in [0.4, 0.5) is 4.39 Å². The number of para-hydroxylation sites is 3. The summed E-state index contributed by atoms with van der Waals surface area (Å²) >= 11 is 0. The molecule has 3 nitrogen and oxygen atoms in total. The van der Waals surface area contributed by atoms with E-state index < -0.39 is 0 Å². The molecule has 211 valence electrons. The van der Waals surface area contributed by atoms with Gasteiger partial charge in [0.25, 0.3) is 0 Å². The summed E-state index contributed by atoms with van der Waals surface area (Å²) in [7, 11) is 0. The van der Waals surface area contributed by atoms with Crippen LogP contribution in [0, 0.1) is 11.9 Å². The summed E-state index contributed by atoms with van der Waals surface area (Å²) in [5.74, 6) is 1.09. The molecule has 0 N–H and O–H groups in total. The van der Waals surface area contributed by atoms with Gasteiger partial charge in [0, 0.05) is 36.7 Å². The van der Waals surface area contributed by atoms with Crippen molar-refractivity contribution in [3.63, 3.8) is 0 Å². The van der Waals surface area contributed by atoms with E-state index in [9.17, 15) is 0 Å². The van der Waals surface area contributed by atoms with Crippen molar-refractivity contribution in [2.24, 2.45) is 0 Å². The number of benzene rings is 5. The standard InChI is InChI=1S/C37H30FN2O.Ir/c1-22(2)25-14-10-15-26(23(3)4)35(25)40-31-19-9-8-18-30(31)39-37(40)28-17-11-16-27-34-32(41-36(27)28)21-20-29(38)33(34)24-12-6-5-7-13-24;/h5-16,18-23H,1-4H3;/q-1;. The first-order valence-electron chi connectivity index (χ1n) is 14.2. The van der Waals surface area contributed by atoms with Crippen LogP contribution < -0.4 is 0 Å². The molecule has 0 atom stereocenters. The monoisotopic (exact) mass is 730 g/mol. The number of hydrogen-bond acceptors (Lipinski definition) is 2. The Morgan fingerprint density at radius 3 is 2.19 bits per heavy atom. The fourth-order valence-corrected chi connectivity index (χ4v) is 6.05. The maximum Gasteiger partial charge on any atom is 0.131 e. The molecule has 1 radical (unpaired) electrons. The van der Waals surface area contributed by atoms with Crippen molar-refractivity contribution < 1.29 is 28.9 Å². The van der Waals surface area contributed by atoms with Gasteiger partial charge in [0.2, 0.25) is 0 Å². The molecule has 0 bridgehead atoms. The minimum Gasteiger partial charge on any atom is -0.501 e. The first-order chi connectivity index (χ1) is 19.9. The predicted molar refractivity (Wildman–Crippen MR) is 166 cm³/mol. The van der Waals surface area contributed by atoms with Gasteiger partial charge in [-0.2, -0.15) is 0 Å². The molecule has 2 heterocycles. The van der Waals surface area contributed by atoms with Crippen molar-refractivity contribution in [1.29, 1.82) is 0 Å². The minimum absolute atomic E-state index is 0. The molecule has 2 aromatic heterocycles. The Hall–Kier alpha value is -4.05. The molecular formula is C37H30FIrN2O-. The third-order valence-corrected chi connectivity index (χ3v) is 7.96. The average Bonchev–Trinajstić information content (AvgIpc) is 3.55. The van der Waals surface area contributed by atoms with Gasteiger partial charge in [-0.05, 0) is 52.8 Å². The Bertz CT molecular complexity index is 2050. The molecule has 7 aromatic rings. The second-order valence-electron chi connectivity index (χ2n) is 11.2. The minimum atomic E-state index is -0.277. The molecule has 0 aliphatic heterocycles. The number of fused-ring (bicyclic) bond motifs is 4. The van der Waals surface area contributed by atoms with Crippen molar-refractivity contribution >= 4 is 33.0 Å². The van der Waals surface area contributed by atoms with Gasteiger partial charge in [0.15, 0.2) is 0 Å². The van der Waals surface area contributed by atoms with Crippen molar-refractivity contribution in [3.05, 3.63) is 120 Å². The number of hydrogen-bond donors (Lipinski definition) is 0. The Labute approximate surface area is 258 Å². The fourth-order valence-electron chi connectivity index (χ4n) is 6.05. The topological polar surface area (TPSA) is 31.0 Å². The first-order valence-corrected chi connectivity index (χ1v) is 14.2. The van der Waals surface area contributed by atoms with Gasteiger partial charge >= 0.3 is 0 Å². The van der Waals surface area contributed by atoms with E-state index in [1.54, 1.807) is 6.07 Å². The maximum absolute atomic E-state index is 15.4. The second kappa shape index (κ2) is 11.0. The molecule has 0 unspecified atom stereocenters. The molecule has 7 rings (SSSR count). The molecule has 0 amide bonds. The van der Waals surface area contributed by atoms with E-state index in [0.29, 0.717) is 28.6 Å². The van der Waals surface area contributed by atoms with E-state index in [-0.39, 0.29) is 25.9 Å². The molecule has 0 aliphatic carbocycles. The number of halogens is 1. The van der Waals surface area contributed by atoms with Crippen LogP contribution in [0.2, 0.25) is 0 Å². The third-order valence-electron chi connectivity index (χ3n) is 7.96. The van der Waals surface area contributed by atoms with Crippen LogP contribution in [0.1, 0.15) is 50.7 Å². The smallest absolute Gasteiger partial charge is 0.131 e. The van der Waals surface area contributed by atoms with E-state index in [2.05, 4.69) is 68.7 Å². The Morgan fingerprint density at radius 2 is 1.48 bits per heavy atom. The van der Waals surface area contributed by atoms with Crippen LogP contribution >= 0.6 is 0 Å². The van der Waals surface area contributed by atoms with Gasteiger partial charge < -0.3 is 8.98 Å². The molecule has 5 heteroatoms. The zero-order chi connectivity index (χ0) is 28.2. The van der Waals surface area contributed by atoms with Gasteiger partial charge in [-0.15, -0.1) is 18.2 Å². The number of furan rings is 1. The molecule has 5 aromatic carbocycles. The summed E-state index contributed by atoms with van der Waals surface area (Å²) in [6.07, 6.45) is 0. The molecule has 0 fully saturated rings. The Kier molecular flexibility index (Phi) is 7.34. The summed E-state index contributed by atoms with van der Waals surface area (Å²) < 4.78 is 24.3. The predicted octanol–water partition coefficient (Wildman–Crippen LogP) is 10.4. The van der Waals surface area contributed by atoms with Crippen molar-refractivity contribution in [2.45, 2.75) is 39.5 Å². The van der Waals surface area contributed by atoms with E-state index in [0.717, 1.165) is 44.4 Å². The van der Waals surface area contributed by atoms with E-state index in [1.807, 2.05) is 54.6 Å². The van der Waals surface area contributed by atoms with Crippen molar-refractivity contribution in [2.75, 3.05) is 0 Å². The van der Waals surface area contributed by atoms with Crippen LogP contribution in [0.5, 0.6) is 0 Å². The van der Waals surface area contributed by atoms with Crippen LogP contribution in [-0.4, -0.2) is 9.55 Å². The summed E-state index contributed by atoms with van der Waals surface area (Å²) in [6.45, 7) is 8.92. The SMILES string of the molecule is CC(C)c1cccc(C(C)C)c1-n1c(-c2[c-]ccc3c2oc2ccc(F)c(-c4ccccc4)c23)nc2ccccc21.[Ir]. The van der Waals surface area contributed by atoms with Crippen molar-refractivity contribution in [1.82, 2.24) is 9.55 Å². The Morgan fingerprint density at radius 1 is 0.786 bits per heavy atom. The fraction of sp³-hybridized carbons (Fsp3) is 0.162. The van der Waals surface area contributed by atoms with E-state index >= 15 is 4.39 Å². The number of nitrogens with zero attached hydrogens (tertiary/aromatic N) is 2. The molecule has 0 saturated carbocycles. The first kappa shape index (κ1) is 28.1. The van der Waals surface area contributed by atoms with Gasteiger partial charge in [-0.25, -0.2) is 4.39 Å². The average molecular weight is 730 g/mol. The summed E-state index contributed by atoms with van der Waals surface area (Å²) in [4.78, 5) is 5.18. The van der Waals surface area contributed by atoms with Crippen LogP contribution in [-0.2, 0) is 20.1 Å². The van der Waals surface area contributed by atoms with Crippen LogP contribution in [0.15, 0.2) is 101 Å². The maximum atomic E-state index is 15.4. The van der Waals surface area contributed by atoms with Crippen LogP contribution in [0.3, 0.4) is 0 Å². The molecule has 0 saturated heterocycles. The van der Waals surface area contributed by atoms with E-state index in [1.165, 1.54) is 17.2 Å². The number of rotatable bonds is 5. The Balaban J connectivity index is 0.00000316. The summed E-state index contributed by atoms with van der Waals surface area (Å²) in [5, 5.41) is 1.60. The van der Waals surface area contributed by atoms with Crippen molar-refractivity contribution in [3.8, 4) is 28.2 Å². The summed E-state index contributed by atoms with van der Waals surface area (Å²) in [5.41, 5.74) is 8.97. The molecule has 42 heavy (non-hydrogen) atoms. The number of imidazole rings is 1. The zero-order valence-corrected chi connectivity index (χ0v) is 26.3. The van der Waals surface area contributed by atoms with Gasteiger partial charge in [-0.3, -0.25) is 4.98 Å². The molecule has 0 spiro atoms. The van der Waals surface area contributed by atoms with Gasteiger partial charge in [0.1, 0.15) is 11.4 Å². The normalized spacial score (nSPS) is 11.7. The number of aromatic nitrogens is 2. The van der Waals surface area contributed by atoms with E-state index in [4.69, 9.17) is 9.40 Å². The van der Waals surface area contributed by atoms with Gasteiger partial charge in [-0.1, -0.05) is 99.3 Å². The van der Waals surface area contributed by atoms with Crippen LogP contribution in [0.25, 0.3) is 61.2 Å². The van der Waals surface area contributed by atoms with Gasteiger partial charge in [0.05, 0.1) is 22.4 Å². The second-order valence-corrected chi connectivity index (χ2v) is 11.2. The quantitative estimate of drug-likeness (QED) is 0.165. The zero-order valence-electron chi connectivity index (χ0n) is 23.9. The summed E-state index contributed by atoms with van der Waals surface area (Å²) in [6, 6.07) is 35.0. The largest absolute Gasteiger partial charge is 0.501 e. The molecule has 0 aliphatic rings. The molecular weight excluding hydrogens is 700 g/mol. The third kappa shape index (κ3) is 4.40.